The molecule has 0 aromatic carbocycles. The Morgan fingerprint density at radius 2 is 2.53 bits per heavy atom. The molecule has 1 aliphatic rings. The standard InChI is InChI=1S/C12H20N4O/c1-9-3-4-13-5-10(9)6-15-12(17)11-7-14-8-16(11)2/h7-10,13H,3-6H2,1-2H3,(H,15,17). The number of amides is 1. The summed E-state index contributed by atoms with van der Waals surface area (Å²) in [7, 11) is 1.83. The Morgan fingerprint density at radius 3 is 3.18 bits per heavy atom. The van der Waals surface area contributed by atoms with Crippen LogP contribution < -0.4 is 10.6 Å². The second-order valence-corrected chi connectivity index (χ2v) is 4.83. The van der Waals surface area contributed by atoms with Crippen molar-refractivity contribution in [1.29, 1.82) is 0 Å². The summed E-state index contributed by atoms with van der Waals surface area (Å²) in [4.78, 5) is 15.8. The third-order valence-electron chi connectivity index (χ3n) is 3.56. The number of hydrogen-bond donors (Lipinski definition) is 2. The lowest BCUT2D eigenvalue weighted by Gasteiger charge is -2.29. The minimum absolute atomic E-state index is 0.0391. The Hall–Kier alpha value is -1.36. The number of carbonyl (C=O) groups is 1. The van der Waals surface area contributed by atoms with Gasteiger partial charge in [-0.2, -0.15) is 0 Å². The molecule has 2 atom stereocenters. The maximum atomic E-state index is 11.9. The van der Waals surface area contributed by atoms with Crippen molar-refractivity contribution in [3.8, 4) is 0 Å². The molecule has 1 amide bonds. The monoisotopic (exact) mass is 236 g/mol. The average molecular weight is 236 g/mol. The summed E-state index contributed by atoms with van der Waals surface area (Å²) in [5.41, 5.74) is 0.612. The van der Waals surface area contributed by atoms with Crippen molar-refractivity contribution in [3.63, 3.8) is 0 Å². The molecule has 2 rings (SSSR count). The smallest absolute Gasteiger partial charge is 0.269 e. The van der Waals surface area contributed by atoms with Gasteiger partial charge in [0.1, 0.15) is 5.69 Å². The van der Waals surface area contributed by atoms with Crippen LogP contribution in [0.1, 0.15) is 23.8 Å². The molecule has 17 heavy (non-hydrogen) atoms. The summed E-state index contributed by atoms with van der Waals surface area (Å²) in [5, 5.41) is 6.35. The van der Waals surface area contributed by atoms with Gasteiger partial charge in [-0.3, -0.25) is 4.79 Å². The largest absolute Gasteiger partial charge is 0.350 e. The van der Waals surface area contributed by atoms with E-state index >= 15 is 0 Å². The molecule has 2 unspecified atom stereocenters. The van der Waals surface area contributed by atoms with E-state index in [0.717, 1.165) is 19.6 Å². The van der Waals surface area contributed by atoms with E-state index in [-0.39, 0.29) is 5.91 Å². The third kappa shape index (κ3) is 2.85. The predicted octanol–water partition coefficient (Wildman–Crippen LogP) is 0.395. The van der Waals surface area contributed by atoms with Crippen LogP contribution >= 0.6 is 0 Å². The Labute approximate surface area is 102 Å². The molecule has 2 N–H and O–H groups in total. The molecule has 1 aliphatic heterocycles. The first-order valence-electron chi connectivity index (χ1n) is 6.13. The Morgan fingerprint density at radius 1 is 1.71 bits per heavy atom. The van der Waals surface area contributed by atoms with Gasteiger partial charge in [-0.15, -0.1) is 0 Å². The highest BCUT2D eigenvalue weighted by Crippen LogP contribution is 2.17. The van der Waals surface area contributed by atoms with Crippen LogP contribution in [-0.4, -0.2) is 35.1 Å². The second kappa shape index (κ2) is 5.31. The van der Waals surface area contributed by atoms with Crippen LogP contribution in [0.25, 0.3) is 0 Å². The minimum atomic E-state index is -0.0391. The van der Waals surface area contributed by atoms with Crippen LogP contribution in [0.4, 0.5) is 0 Å². The summed E-state index contributed by atoms with van der Waals surface area (Å²) in [5.74, 6) is 1.16. The number of carbonyl (C=O) groups excluding carboxylic acids is 1. The highest BCUT2D eigenvalue weighted by atomic mass is 16.1. The van der Waals surface area contributed by atoms with Crippen molar-refractivity contribution in [1.82, 2.24) is 20.2 Å². The van der Waals surface area contributed by atoms with Gasteiger partial charge in [0.25, 0.3) is 5.91 Å². The number of hydrogen-bond acceptors (Lipinski definition) is 3. The number of nitrogens with one attached hydrogen (secondary N) is 2. The summed E-state index contributed by atoms with van der Waals surface area (Å²) >= 11 is 0. The molecule has 1 saturated heterocycles. The van der Waals surface area contributed by atoms with Gasteiger partial charge in [0.2, 0.25) is 0 Å². The quantitative estimate of drug-likeness (QED) is 0.798. The van der Waals surface area contributed by atoms with Crippen molar-refractivity contribution in [2.45, 2.75) is 13.3 Å². The number of nitrogens with zero attached hydrogens (tertiary/aromatic N) is 2. The second-order valence-electron chi connectivity index (χ2n) is 4.83. The summed E-state index contributed by atoms with van der Waals surface area (Å²) < 4.78 is 1.73. The average Bonchev–Trinajstić information content (AvgIpc) is 2.74. The topological polar surface area (TPSA) is 58.9 Å². The summed E-state index contributed by atoms with van der Waals surface area (Å²) in [6.45, 7) is 5.07. The van der Waals surface area contributed by atoms with Gasteiger partial charge in [-0.1, -0.05) is 6.92 Å². The zero-order valence-electron chi connectivity index (χ0n) is 10.4. The van der Waals surface area contributed by atoms with E-state index in [4.69, 9.17) is 0 Å². The lowest BCUT2D eigenvalue weighted by molar-refractivity contribution is 0.0930. The molecule has 1 aromatic rings. The first kappa shape index (κ1) is 12.1. The molecular formula is C12H20N4O. The molecule has 1 fully saturated rings. The van der Waals surface area contributed by atoms with Crippen LogP contribution in [0, 0.1) is 11.8 Å². The van der Waals surface area contributed by atoms with Crippen LogP contribution in [0.2, 0.25) is 0 Å². The fourth-order valence-electron chi connectivity index (χ4n) is 2.22. The van der Waals surface area contributed by atoms with Crippen LogP contribution in [-0.2, 0) is 7.05 Å². The predicted molar refractivity (Wildman–Crippen MR) is 65.7 cm³/mol. The SMILES string of the molecule is CC1CCNCC1CNC(=O)c1cncn1C. The number of rotatable bonds is 3. The maximum absolute atomic E-state index is 11.9. The fourth-order valence-corrected chi connectivity index (χ4v) is 2.22. The molecule has 5 heteroatoms. The highest BCUT2D eigenvalue weighted by molar-refractivity contribution is 5.92. The van der Waals surface area contributed by atoms with E-state index in [1.807, 2.05) is 7.05 Å². The summed E-state index contributed by atoms with van der Waals surface area (Å²) in [6, 6.07) is 0. The number of aromatic nitrogens is 2. The molecule has 2 heterocycles. The molecule has 0 saturated carbocycles. The Kier molecular flexibility index (Phi) is 3.78. The van der Waals surface area contributed by atoms with Crippen LogP contribution in [0.5, 0.6) is 0 Å². The molecule has 0 spiro atoms. The van der Waals surface area contributed by atoms with Crippen LogP contribution in [0.3, 0.4) is 0 Å². The maximum Gasteiger partial charge on any atom is 0.269 e. The third-order valence-corrected chi connectivity index (χ3v) is 3.56. The van der Waals surface area contributed by atoms with Gasteiger partial charge < -0.3 is 15.2 Å². The summed E-state index contributed by atoms with van der Waals surface area (Å²) in [6.07, 6.45) is 4.42. The zero-order valence-corrected chi connectivity index (χ0v) is 10.4. The molecule has 5 nitrogen and oxygen atoms in total. The van der Waals surface area contributed by atoms with E-state index in [1.165, 1.54) is 6.42 Å². The normalized spacial score (nSPS) is 24.6. The molecule has 0 bridgehead atoms. The van der Waals surface area contributed by atoms with Crippen molar-refractivity contribution >= 4 is 5.91 Å². The van der Waals surface area contributed by atoms with E-state index < -0.39 is 0 Å². The van der Waals surface area contributed by atoms with Gasteiger partial charge in [-0.25, -0.2) is 4.98 Å². The van der Waals surface area contributed by atoms with E-state index in [0.29, 0.717) is 17.5 Å². The van der Waals surface area contributed by atoms with Gasteiger partial charge in [-0.05, 0) is 31.3 Å². The van der Waals surface area contributed by atoms with Crippen molar-refractivity contribution in [3.05, 3.63) is 18.2 Å². The first-order chi connectivity index (χ1) is 8.18. The highest BCUT2D eigenvalue weighted by Gasteiger charge is 2.21. The Bertz CT molecular complexity index is 388. The van der Waals surface area contributed by atoms with E-state index in [2.05, 4.69) is 22.5 Å². The molecular weight excluding hydrogens is 216 g/mol. The minimum Gasteiger partial charge on any atom is -0.350 e. The number of imidazole rings is 1. The lowest BCUT2D eigenvalue weighted by Crippen LogP contribution is -2.42. The Balaban J connectivity index is 1.86. The van der Waals surface area contributed by atoms with Gasteiger partial charge in [0.05, 0.1) is 12.5 Å². The van der Waals surface area contributed by atoms with Crippen molar-refractivity contribution in [2.24, 2.45) is 18.9 Å². The van der Waals surface area contributed by atoms with Gasteiger partial charge >= 0.3 is 0 Å². The van der Waals surface area contributed by atoms with Crippen molar-refractivity contribution < 1.29 is 4.79 Å². The van der Waals surface area contributed by atoms with E-state index in [1.54, 1.807) is 17.1 Å². The number of piperidine rings is 1. The first-order valence-corrected chi connectivity index (χ1v) is 6.13. The van der Waals surface area contributed by atoms with Crippen molar-refractivity contribution in [2.75, 3.05) is 19.6 Å². The number of aryl methyl sites for hydroxylation is 1. The van der Waals surface area contributed by atoms with Crippen LogP contribution in [0.15, 0.2) is 12.5 Å². The molecule has 0 aliphatic carbocycles. The molecule has 94 valence electrons. The van der Waals surface area contributed by atoms with Gasteiger partial charge in [0.15, 0.2) is 0 Å². The lowest BCUT2D eigenvalue weighted by atomic mass is 9.88. The van der Waals surface area contributed by atoms with Gasteiger partial charge in [0, 0.05) is 13.6 Å². The molecule has 1 aromatic heterocycles. The fraction of sp³-hybridized carbons (Fsp3) is 0.667. The molecule has 0 radical (unpaired) electrons. The zero-order chi connectivity index (χ0) is 12.3. The van der Waals surface area contributed by atoms with E-state index in [9.17, 15) is 4.79 Å².